The van der Waals surface area contributed by atoms with Crippen LogP contribution in [0.5, 0.6) is 5.75 Å². The first-order chi connectivity index (χ1) is 9.22. The smallest absolute Gasteiger partial charge is 0.155 e. The van der Waals surface area contributed by atoms with Gasteiger partial charge in [-0.05, 0) is 26.0 Å². The second kappa shape index (κ2) is 4.72. The molecule has 0 bridgehead atoms. The Hall–Kier alpha value is -2.36. The molecular formula is C15H15N3O. The van der Waals surface area contributed by atoms with Crippen LogP contribution in [0.1, 0.15) is 13.8 Å². The molecule has 0 spiro atoms. The van der Waals surface area contributed by atoms with Gasteiger partial charge >= 0.3 is 0 Å². The van der Waals surface area contributed by atoms with Gasteiger partial charge in [0, 0.05) is 24.2 Å². The molecule has 2 heterocycles. The molecular weight excluding hydrogens is 238 g/mol. The van der Waals surface area contributed by atoms with Gasteiger partial charge in [0.2, 0.25) is 0 Å². The van der Waals surface area contributed by atoms with E-state index in [2.05, 4.69) is 9.97 Å². The fraction of sp³-hybridized carbons (Fsp3) is 0.200. The molecule has 0 radical (unpaired) electrons. The lowest BCUT2D eigenvalue weighted by atomic mass is 10.1. The highest BCUT2D eigenvalue weighted by molar-refractivity contribution is 5.63. The average molecular weight is 253 g/mol. The number of rotatable bonds is 3. The maximum Gasteiger partial charge on any atom is 0.155 e. The summed E-state index contributed by atoms with van der Waals surface area (Å²) in [7, 11) is 0. The lowest BCUT2D eigenvalue weighted by molar-refractivity contribution is 0.242. The molecule has 0 aliphatic heterocycles. The van der Waals surface area contributed by atoms with E-state index in [4.69, 9.17) is 4.74 Å². The highest BCUT2D eigenvalue weighted by Gasteiger charge is 2.06. The molecule has 0 saturated heterocycles. The minimum absolute atomic E-state index is 0.167. The molecule has 3 rings (SSSR count). The van der Waals surface area contributed by atoms with Crippen LogP contribution >= 0.6 is 0 Å². The Labute approximate surface area is 111 Å². The number of aromatic nitrogens is 3. The zero-order chi connectivity index (χ0) is 13.2. The summed E-state index contributed by atoms with van der Waals surface area (Å²) in [6, 6.07) is 7.98. The first-order valence-electron chi connectivity index (χ1n) is 6.28. The summed E-state index contributed by atoms with van der Waals surface area (Å²) in [5.41, 5.74) is 2.80. The summed E-state index contributed by atoms with van der Waals surface area (Å²) in [5, 5.41) is 0. The molecule has 0 unspecified atom stereocenters. The number of imidazole rings is 1. The maximum absolute atomic E-state index is 5.70. The zero-order valence-corrected chi connectivity index (χ0v) is 10.9. The highest BCUT2D eigenvalue weighted by Crippen LogP contribution is 2.24. The van der Waals surface area contributed by atoms with Gasteiger partial charge in [0.15, 0.2) is 5.65 Å². The van der Waals surface area contributed by atoms with Crippen molar-refractivity contribution >= 4 is 5.65 Å². The number of ether oxygens (including phenoxy) is 1. The summed E-state index contributed by atoms with van der Waals surface area (Å²) in [5.74, 6) is 0.864. The van der Waals surface area contributed by atoms with Crippen molar-refractivity contribution in [3.05, 3.63) is 49.1 Å². The molecule has 0 atom stereocenters. The van der Waals surface area contributed by atoms with Gasteiger partial charge in [0.05, 0.1) is 18.0 Å². The minimum atomic E-state index is 0.167. The van der Waals surface area contributed by atoms with Gasteiger partial charge in [-0.1, -0.05) is 12.1 Å². The van der Waals surface area contributed by atoms with Crippen LogP contribution in [0.3, 0.4) is 0 Å². The van der Waals surface area contributed by atoms with Gasteiger partial charge in [-0.3, -0.25) is 4.98 Å². The van der Waals surface area contributed by atoms with Crippen LogP contribution in [0.4, 0.5) is 0 Å². The van der Waals surface area contributed by atoms with E-state index in [0.717, 1.165) is 22.7 Å². The quantitative estimate of drug-likeness (QED) is 0.719. The molecule has 3 aromatic rings. The minimum Gasteiger partial charge on any atom is -0.491 e. The summed E-state index contributed by atoms with van der Waals surface area (Å²) in [6.07, 6.45) is 7.54. The lowest BCUT2D eigenvalue weighted by Crippen LogP contribution is -2.05. The van der Waals surface area contributed by atoms with Gasteiger partial charge in [0.1, 0.15) is 5.75 Å². The summed E-state index contributed by atoms with van der Waals surface area (Å²) < 4.78 is 7.66. The fourth-order valence-corrected chi connectivity index (χ4v) is 1.98. The monoisotopic (exact) mass is 253 g/mol. The second-order valence-electron chi connectivity index (χ2n) is 4.66. The van der Waals surface area contributed by atoms with Gasteiger partial charge < -0.3 is 9.14 Å². The van der Waals surface area contributed by atoms with E-state index in [-0.39, 0.29) is 6.10 Å². The lowest BCUT2D eigenvalue weighted by Gasteiger charge is -2.10. The first-order valence-corrected chi connectivity index (χ1v) is 6.28. The molecule has 96 valence electrons. The topological polar surface area (TPSA) is 39.4 Å². The Morgan fingerprint density at radius 1 is 1.26 bits per heavy atom. The van der Waals surface area contributed by atoms with Crippen molar-refractivity contribution in [3.63, 3.8) is 0 Å². The summed E-state index contributed by atoms with van der Waals surface area (Å²) >= 11 is 0. The molecule has 0 aliphatic carbocycles. The van der Waals surface area contributed by atoms with Crippen molar-refractivity contribution in [1.82, 2.24) is 14.4 Å². The number of benzene rings is 1. The van der Waals surface area contributed by atoms with Crippen LogP contribution in [0.2, 0.25) is 0 Å². The van der Waals surface area contributed by atoms with E-state index >= 15 is 0 Å². The van der Waals surface area contributed by atoms with Crippen LogP contribution in [-0.4, -0.2) is 20.5 Å². The zero-order valence-electron chi connectivity index (χ0n) is 10.9. The van der Waals surface area contributed by atoms with Crippen LogP contribution in [0.25, 0.3) is 16.9 Å². The van der Waals surface area contributed by atoms with E-state index in [1.165, 1.54) is 0 Å². The van der Waals surface area contributed by atoms with Crippen LogP contribution in [0, 0.1) is 0 Å². The van der Waals surface area contributed by atoms with Crippen molar-refractivity contribution in [1.29, 1.82) is 0 Å². The molecule has 1 aromatic carbocycles. The van der Waals surface area contributed by atoms with Crippen molar-refractivity contribution in [2.75, 3.05) is 0 Å². The molecule has 19 heavy (non-hydrogen) atoms. The van der Waals surface area contributed by atoms with Crippen molar-refractivity contribution < 1.29 is 4.74 Å². The Kier molecular flexibility index (Phi) is 2.91. The molecule has 0 saturated carbocycles. The Morgan fingerprint density at radius 2 is 2.16 bits per heavy atom. The number of fused-ring (bicyclic) bond motifs is 1. The van der Waals surface area contributed by atoms with E-state index in [1.54, 1.807) is 12.4 Å². The van der Waals surface area contributed by atoms with Gasteiger partial charge in [-0.2, -0.15) is 0 Å². The average Bonchev–Trinajstić information content (AvgIpc) is 2.82. The highest BCUT2D eigenvalue weighted by atomic mass is 16.5. The second-order valence-corrected chi connectivity index (χ2v) is 4.66. The Morgan fingerprint density at radius 3 is 2.95 bits per heavy atom. The molecule has 0 amide bonds. The third-order valence-corrected chi connectivity index (χ3v) is 2.77. The molecule has 2 aromatic heterocycles. The predicted octanol–water partition coefficient (Wildman–Crippen LogP) is 3.18. The summed E-state index contributed by atoms with van der Waals surface area (Å²) in [6.45, 7) is 4.03. The van der Waals surface area contributed by atoms with Crippen LogP contribution in [-0.2, 0) is 0 Å². The third kappa shape index (κ3) is 2.42. The number of hydrogen-bond donors (Lipinski definition) is 0. The normalized spacial score (nSPS) is 11.1. The van der Waals surface area contributed by atoms with Crippen LogP contribution in [0.15, 0.2) is 49.1 Å². The SMILES string of the molecule is CC(C)Oc1cccc(-c2cn3ccncc3n2)c1. The standard InChI is InChI=1S/C15H15N3O/c1-11(2)19-13-5-3-4-12(8-13)14-10-18-7-6-16-9-15(18)17-14/h3-11H,1-2H3. The fourth-order valence-electron chi connectivity index (χ4n) is 1.98. The van der Waals surface area contributed by atoms with Gasteiger partial charge in [-0.25, -0.2) is 4.98 Å². The maximum atomic E-state index is 5.70. The van der Waals surface area contributed by atoms with Crippen molar-refractivity contribution in [3.8, 4) is 17.0 Å². The third-order valence-electron chi connectivity index (χ3n) is 2.77. The molecule has 4 nitrogen and oxygen atoms in total. The summed E-state index contributed by atoms with van der Waals surface area (Å²) in [4.78, 5) is 8.62. The predicted molar refractivity (Wildman–Crippen MR) is 74.2 cm³/mol. The molecule has 0 N–H and O–H groups in total. The van der Waals surface area contributed by atoms with Crippen LogP contribution < -0.4 is 4.74 Å². The first kappa shape index (κ1) is 11.7. The number of hydrogen-bond acceptors (Lipinski definition) is 3. The van der Waals surface area contributed by atoms with Gasteiger partial charge in [-0.15, -0.1) is 0 Å². The van der Waals surface area contributed by atoms with E-state index in [0.29, 0.717) is 0 Å². The Balaban J connectivity index is 2.01. The molecule has 0 fully saturated rings. The van der Waals surface area contributed by atoms with E-state index in [9.17, 15) is 0 Å². The van der Waals surface area contributed by atoms with Crippen molar-refractivity contribution in [2.24, 2.45) is 0 Å². The molecule has 0 aliphatic rings. The molecule has 4 heteroatoms. The van der Waals surface area contributed by atoms with E-state index < -0.39 is 0 Å². The van der Waals surface area contributed by atoms with E-state index in [1.807, 2.05) is 54.9 Å². The Bertz CT molecular complexity index is 670. The van der Waals surface area contributed by atoms with Gasteiger partial charge in [0.25, 0.3) is 0 Å². The van der Waals surface area contributed by atoms with Crippen molar-refractivity contribution in [2.45, 2.75) is 20.0 Å². The largest absolute Gasteiger partial charge is 0.491 e. The number of nitrogens with zero attached hydrogens (tertiary/aromatic N) is 3.